The van der Waals surface area contributed by atoms with Crippen molar-refractivity contribution in [3.8, 4) is 5.75 Å². The number of nitrogens with one attached hydrogen (secondary N) is 1. The number of carbonyl (C=O) groups is 1. The zero-order chi connectivity index (χ0) is 15.6. The van der Waals surface area contributed by atoms with Crippen LogP contribution in [0.2, 0.25) is 5.02 Å². The first kappa shape index (κ1) is 15.9. The van der Waals surface area contributed by atoms with Gasteiger partial charge in [-0.1, -0.05) is 24.4 Å². The Morgan fingerprint density at radius 3 is 2.57 bits per heavy atom. The van der Waals surface area contributed by atoms with E-state index in [9.17, 15) is 23.1 Å². The lowest BCUT2D eigenvalue weighted by Gasteiger charge is -2.32. The Morgan fingerprint density at radius 2 is 1.95 bits per heavy atom. The molecular formula is C14H15ClF3NO2. The van der Waals surface area contributed by atoms with Gasteiger partial charge in [0.2, 0.25) is 5.91 Å². The van der Waals surface area contributed by atoms with Gasteiger partial charge in [0, 0.05) is 17.7 Å². The lowest BCUT2D eigenvalue weighted by atomic mass is 9.78. The fourth-order valence-electron chi connectivity index (χ4n) is 2.66. The maximum absolute atomic E-state index is 13.0. The monoisotopic (exact) mass is 321 g/mol. The van der Waals surface area contributed by atoms with Crippen molar-refractivity contribution in [2.75, 3.05) is 5.32 Å². The second-order valence-corrected chi connectivity index (χ2v) is 5.60. The van der Waals surface area contributed by atoms with Gasteiger partial charge in [0.05, 0.1) is 10.9 Å². The summed E-state index contributed by atoms with van der Waals surface area (Å²) in [4.78, 5) is 12.1. The summed E-state index contributed by atoms with van der Waals surface area (Å²) in [7, 11) is 0. The maximum Gasteiger partial charge on any atom is 0.392 e. The molecule has 2 unspecified atom stereocenters. The van der Waals surface area contributed by atoms with Crippen molar-refractivity contribution < 1.29 is 23.1 Å². The van der Waals surface area contributed by atoms with Crippen LogP contribution in [-0.2, 0) is 4.79 Å². The molecule has 2 atom stereocenters. The number of phenolic OH excluding ortho intramolecular Hbond substituents is 1. The minimum Gasteiger partial charge on any atom is -0.506 e. The van der Waals surface area contributed by atoms with Gasteiger partial charge in [-0.05, 0) is 25.0 Å². The number of rotatable bonds is 2. The third-order valence-electron chi connectivity index (χ3n) is 3.74. The Morgan fingerprint density at radius 1 is 1.29 bits per heavy atom. The van der Waals surface area contributed by atoms with E-state index in [1.807, 2.05) is 0 Å². The van der Waals surface area contributed by atoms with Crippen molar-refractivity contribution in [3.05, 3.63) is 23.2 Å². The molecule has 21 heavy (non-hydrogen) atoms. The van der Waals surface area contributed by atoms with E-state index >= 15 is 0 Å². The van der Waals surface area contributed by atoms with Crippen molar-refractivity contribution in [2.45, 2.75) is 31.9 Å². The number of phenols is 1. The van der Waals surface area contributed by atoms with E-state index in [1.165, 1.54) is 18.2 Å². The van der Waals surface area contributed by atoms with Gasteiger partial charge in [-0.15, -0.1) is 0 Å². The van der Waals surface area contributed by atoms with Crippen LogP contribution in [0.1, 0.15) is 25.7 Å². The number of halogens is 4. The third-order valence-corrected chi connectivity index (χ3v) is 4.06. The molecule has 2 N–H and O–H groups in total. The first-order valence-corrected chi connectivity index (χ1v) is 7.03. The Balaban J connectivity index is 2.12. The average Bonchev–Trinajstić information content (AvgIpc) is 2.42. The molecule has 0 saturated heterocycles. The van der Waals surface area contributed by atoms with Crippen LogP contribution in [-0.4, -0.2) is 17.2 Å². The molecule has 2 rings (SSSR count). The molecule has 1 fully saturated rings. The molecular weight excluding hydrogens is 307 g/mol. The van der Waals surface area contributed by atoms with Gasteiger partial charge in [0.1, 0.15) is 5.75 Å². The molecule has 1 aromatic carbocycles. The summed E-state index contributed by atoms with van der Waals surface area (Å²) in [6.07, 6.45) is -3.08. The molecule has 1 amide bonds. The molecule has 1 aliphatic carbocycles. The molecule has 3 nitrogen and oxygen atoms in total. The molecule has 0 aromatic heterocycles. The standard InChI is InChI=1S/C14H15ClF3NO2/c15-11-6-5-8(7-12(11)20)19-13(21)9-3-1-2-4-10(9)14(16,17)18/h5-7,9-10,20H,1-4H2,(H,19,21). The van der Waals surface area contributed by atoms with Crippen molar-refractivity contribution >= 4 is 23.2 Å². The van der Waals surface area contributed by atoms with E-state index in [-0.39, 0.29) is 29.3 Å². The molecule has 0 spiro atoms. The van der Waals surface area contributed by atoms with E-state index in [2.05, 4.69) is 5.32 Å². The molecule has 0 radical (unpaired) electrons. The van der Waals surface area contributed by atoms with Gasteiger partial charge in [-0.25, -0.2) is 0 Å². The number of aromatic hydroxyl groups is 1. The van der Waals surface area contributed by atoms with E-state index in [4.69, 9.17) is 11.6 Å². The number of hydrogen-bond acceptors (Lipinski definition) is 2. The molecule has 0 bridgehead atoms. The summed E-state index contributed by atoms with van der Waals surface area (Å²) < 4.78 is 38.9. The molecule has 7 heteroatoms. The number of benzene rings is 1. The highest BCUT2D eigenvalue weighted by atomic mass is 35.5. The Labute approximate surface area is 125 Å². The smallest absolute Gasteiger partial charge is 0.392 e. The number of anilines is 1. The summed E-state index contributed by atoms with van der Waals surface area (Å²) >= 11 is 5.64. The second-order valence-electron chi connectivity index (χ2n) is 5.19. The van der Waals surface area contributed by atoms with Gasteiger partial charge in [0.25, 0.3) is 0 Å². The summed E-state index contributed by atoms with van der Waals surface area (Å²) in [6, 6.07) is 4.02. The number of hydrogen-bond donors (Lipinski definition) is 2. The lowest BCUT2D eigenvalue weighted by molar-refractivity contribution is -0.197. The van der Waals surface area contributed by atoms with E-state index < -0.39 is 23.9 Å². The zero-order valence-electron chi connectivity index (χ0n) is 11.1. The van der Waals surface area contributed by atoms with Crippen molar-refractivity contribution in [1.29, 1.82) is 0 Å². The van der Waals surface area contributed by atoms with Gasteiger partial charge < -0.3 is 10.4 Å². The minimum absolute atomic E-state index is 0.0204. The molecule has 0 aliphatic heterocycles. The Kier molecular flexibility index (Phi) is 4.66. The summed E-state index contributed by atoms with van der Waals surface area (Å²) in [5.74, 6) is -3.59. The fraction of sp³-hybridized carbons (Fsp3) is 0.500. The van der Waals surface area contributed by atoms with Crippen LogP contribution < -0.4 is 5.32 Å². The fourth-order valence-corrected chi connectivity index (χ4v) is 2.78. The van der Waals surface area contributed by atoms with E-state index in [1.54, 1.807) is 0 Å². The highest BCUT2D eigenvalue weighted by molar-refractivity contribution is 6.32. The Bertz CT molecular complexity index is 533. The maximum atomic E-state index is 13.0. The quantitative estimate of drug-likeness (QED) is 0.850. The van der Waals surface area contributed by atoms with Gasteiger partial charge in [-0.3, -0.25) is 4.79 Å². The molecule has 1 aromatic rings. The normalized spacial score (nSPS) is 22.9. The summed E-state index contributed by atoms with van der Waals surface area (Å²) in [5, 5.41) is 12.0. The van der Waals surface area contributed by atoms with Crippen molar-refractivity contribution in [1.82, 2.24) is 0 Å². The number of amides is 1. The molecule has 1 aliphatic rings. The summed E-state index contributed by atoms with van der Waals surface area (Å²) in [5.41, 5.74) is 0.230. The summed E-state index contributed by atoms with van der Waals surface area (Å²) in [6.45, 7) is 0. The van der Waals surface area contributed by atoms with Crippen molar-refractivity contribution in [3.63, 3.8) is 0 Å². The lowest BCUT2D eigenvalue weighted by Crippen LogP contribution is -2.39. The van der Waals surface area contributed by atoms with E-state index in [0.29, 0.717) is 12.8 Å². The van der Waals surface area contributed by atoms with Crippen LogP contribution in [0.25, 0.3) is 0 Å². The topological polar surface area (TPSA) is 49.3 Å². The average molecular weight is 322 g/mol. The second kappa shape index (κ2) is 6.13. The van der Waals surface area contributed by atoms with Gasteiger partial charge in [-0.2, -0.15) is 13.2 Å². The van der Waals surface area contributed by atoms with Crippen LogP contribution in [0, 0.1) is 11.8 Å². The highest BCUT2D eigenvalue weighted by Crippen LogP contribution is 2.42. The molecule has 0 heterocycles. The van der Waals surface area contributed by atoms with Gasteiger partial charge >= 0.3 is 6.18 Å². The van der Waals surface area contributed by atoms with Crippen LogP contribution in [0.3, 0.4) is 0 Å². The van der Waals surface area contributed by atoms with Crippen LogP contribution in [0.15, 0.2) is 18.2 Å². The highest BCUT2D eigenvalue weighted by Gasteiger charge is 2.48. The van der Waals surface area contributed by atoms with Gasteiger partial charge in [0.15, 0.2) is 0 Å². The van der Waals surface area contributed by atoms with Crippen molar-refractivity contribution in [2.24, 2.45) is 11.8 Å². The van der Waals surface area contributed by atoms with Crippen LogP contribution in [0.5, 0.6) is 5.75 Å². The first-order chi connectivity index (χ1) is 9.79. The first-order valence-electron chi connectivity index (χ1n) is 6.65. The van der Waals surface area contributed by atoms with Crippen LogP contribution in [0.4, 0.5) is 18.9 Å². The zero-order valence-corrected chi connectivity index (χ0v) is 11.8. The number of alkyl halides is 3. The van der Waals surface area contributed by atoms with Crippen LogP contribution >= 0.6 is 11.6 Å². The Hall–Kier alpha value is -1.43. The third kappa shape index (κ3) is 3.81. The minimum atomic E-state index is -4.37. The predicted molar refractivity (Wildman–Crippen MR) is 73.2 cm³/mol. The number of carbonyl (C=O) groups excluding carboxylic acids is 1. The van der Waals surface area contributed by atoms with E-state index in [0.717, 1.165) is 0 Å². The SMILES string of the molecule is O=C(Nc1ccc(Cl)c(O)c1)C1CCCCC1C(F)(F)F. The predicted octanol–water partition coefficient (Wildman–Crippen LogP) is 4.35. The molecule has 116 valence electrons. The largest absolute Gasteiger partial charge is 0.506 e. The molecule has 1 saturated carbocycles.